The van der Waals surface area contributed by atoms with Crippen LogP contribution in [0.15, 0.2) is 23.1 Å². The molecule has 1 aromatic rings. The summed E-state index contributed by atoms with van der Waals surface area (Å²) in [5.74, 6) is -2.61. The monoisotopic (exact) mass is 342 g/mol. The van der Waals surface area contributed by atoms with Crippen LogP contribution in [-0.4, -0.2) is 54.4 Å². The van der Waals surface area contributed by atoms with E-state index in [9.17, 15) is 22.4 Å². The summed E-state index contributed by atoms with van der Waals surface area (Å²) in [5, 5.41) is 8.78. The van der Waals surface area contributed by atoms with E-state index in [0.29, 0.717) is 12.6 Å². The van der Waals surface area contributed by atoms with Crippen LogP contribution in [0.3, 0.4) is 0 Å². The highest BCUT2D eigenvalue weighted by Crippen LogP contribution is 2.32. The van der Waals surface area contributed by atoms with Crippen molar-refractivity contribution in [2.45, 2.75) is 17.7 Å². The Hall–Kier alpha value is -2.00. The average molecular weight is 342 g/mol. The molecule has 0 spiro atoms. The third-order valence-electron chi connectivity index (χ3n) is 3.99. The number of rotatable bonds is 4. The number of nitrogens with zero attached hydrogens (tertiary/aromatic N) is 2. The lowest BCUT2D eigenvalue weighted by atomic mass is 10.2. The fourth-order valence-electron chi connectivity index (χ4n) is 2.51. The molecule has 1 amide bonds. The van der Waals surface area contributed by atoms with Crippen LogP contribution in [-0.2, 0) is 14.8 Å². The van der Waals surface area contributed by atoms with Gasteiger partial charge in [0.2, 0.25) is 15.9 Å². The SMILES string of the molecule is O=C(O)c1ccc(S(=O)(=O)N2CCN(C(=O)C3CC3)C2)cc1F. The second-order valence-electron chi connectivity index (χ2n) is 5.64. The molecule has 23 heavy (non-hydrogen) atoms. The molecule has 2 aliphatic rings. The number of benzene rings is 1. The predicted molar refractivity (Wildman–Crippen MR) is 76.6 cm³/mol. The number of halogens is 1. The molecule has 0 unspecified atom stereocenters. The standard InChI is InChI=1S/C14H15FN2O5S/c15-12-7-10(3-4-11(12)14(19)20)23(21,22)17-6-5-16(8-17)13(18)9-1-2-9/h3-4,7,9H,1-2,5-6,8H2,(H,19,20). The van der Waals surface area contributed by atoms with E-state index in [2.05, 4.69) is 0 Å². The first-order valence-corrected chi connectivity index (χ1v) is 8.56. The van der Waals surface area contributed by atoms with Crippen LogP contribution in [0.1, 0.15) is 23.2 Å². The summed E-state index contributed by atoms with van der Waals surface area (Å²) in [6, 6.07) is 2.69. The zero-order valence-electron chi connectivity index (χ0n) is 12.1. The quantitative estimate of drug-likeness (QED) is 0.870. The predicted octanol–water partition coefficient (Wildman–Crippen LogP) is 0.724. The van der Waals surface area contributed by atoms with Gasteiger partial charge >= 0.3 is 5.97 Å². The summed E-state index contributed by atoms with van der Waals surface area (Å²) >= 11 is 0. The van der Waals surface area contributed by atoms with Crippen LogP contribution in [0, 0.1) is 11.7 Å². The Morgan fingerprint density at radius 2 is 1.91 bits per heavy atom. The number of hydrogen-bond donors (Lipinski definition) is 1. The van der Waals surface area contributed by atoms with Crippen LogP contribution >= 0.6 is 0 Å². The Morgan fingerprint density at radius 1 is 1.22 bits per heavy atom. The highest BCUT2D eigenvalue weighted by atomic mass is 32.2. The van der Waals surface area contributed by atoms with Gasteiger partial charge in [-0.1, -0.05) is 0 Å². The van der Waals surface area contributed by atoms with Crippen LogP contribution in [0.25, 0.3) is 0 Å². The van der Waals surface area contributed by atoms with Crippen molar-refractivity contribution in [3.05, 3.63) is 29.6 Å². The number of amides is 1. The van der Waals surface area contributed by atoms with Crippen molar-refractivity contribution in [3.63, 3.8) is 0 Å². The van der Waals surface area contributed by atoms with Crippen molar-refractivity contribution in [2.75, 3.05) is 19.8 Å². The molecule has 1 saturated heterocycles. The lowest BCUT2D eigenvalue weighted by Gasteiger charge is -2.18. The van der Waals surface area contributed by atoms with E-state index in [4.69, 9.17) is 5.11 Å². The third-order valence-corrected chi connectivity index (χ3v) is 5.82. The number of carbonyl (C=O) groups is 2. The lowest BCUT2D eigenvalue weighted by Crippen LogP contribution is -2.34. The van der Waals surface area contributed by atoms with Gasteiger partial charge < -0.3 is 10.0 Å². The van der Waals surface area contributed by atoms with Crippen molar-refractivity contribution in [1.29, 1.82) is 0 Å². The Bertz CT molecular complexity index is 775. The molecule has 9 heteroatoms. The van der Waals surface area contributed by atoms with Gasteiger partial charge in [0.25, 0.3) is 0 Å². The molecule has 1 saturated carbocycles. The van der Waals surface area contributed by atoms with Crippen molar-refractivity contribution >= 4 is 21.9 Å². The van der Waals surface area contributed by atoms with Gasteiger partial charge in [-0.3, -0.25) is 4.79 Å². The number of sulfonamides is 1. The molecule has 1 aliphatic carbocycles. The molecule has 7 nitrogen and oxygen atoms in total. The highest BCUT2D eigenvalue weighted by molar-refractivity contribution is 7.89. The first-order valence-electron chi connectivity index (χ1n) is 7.12. The summed E-state index contributed by atoms with van der Waals surface area (Å²) < 4.78 is 39.8. The number of aromatic carboxylic acids is 1. The molecule has 3 rings (SSSR count). The normalized spacial score (nSPS) is 19.1. The Labute approximate surface area is 132 Å². The van der Waals surface area contributed by atoms with Crippen molar-refractivity contribution in [2.24, 2.45) is 5.92 Å². The van der Waals surface area contributed by atoms with Crippen LogP contribution in [0.2, 0.25) is 0 Å². The average Bonchev–Trinajstić information content (AvgIpc) is 3.22. The molecular formula is C14H15FN2O5S. The smallest absolute Gasteiger partial charge is 0.338 e. The maximum Gasteiger partial charge on any atom is 0.338 e. The summed E-state index contributed by atoms with van der Waals surface area (Å²) in [6.07, 6.45) is 1.67. The van der Waals surface area contributed by atoms with E-state index >= 15 is 0 Å². The Kier molecular flexibility index (Phi) is 3.85. The Morgan fingerprint density at radius 3 is 2.48 bits per heavy atom. The van der Waals surface area contributed by atoms with Gasteiger partial charge in [0.15, 0.2) is 0 Å². The van der Waals surface area contributed by atoms with E-state index in [-0.39, 0.29) is 29.9 Å². The van der Waals surface area contributed by atoms with Gasteiger partial charge in [-0.15, -0.1) is 0 Å². The van der Waals surface area contributed by atoms with Gasteiger partial charge in [-0.2, -0.15) is 4.31 Å². The second kappa shape index (κ2) is 5.57. The molecule has 0 aromatic heterocycles. The second-order valence-corrected chi connectivity index (χ2v) is 7.58. The fourth-order valence-corrected chi connectivity index (χ4v) is 3.91. The first-order chi connectivity index (χ1) is 10.8. The number of carboxylic acids is 1. The highest BCUT2D eigenvalue weighted by Gasteiger charge is 2.39. The zero-order chi connectivity index (χ0) is 16.8. The van der Waals surface area contributed by atoms with E-state index < -0.39 is 27.4 Å². The number of carboxylic acid groups (broad SMARTS) is 1. The molecule has 1 aromatic carbocycles. The Balaban J connectivity index is 1.80. The topological polar surface area (TPSA) is 95.0 Å². The number of hydrogen-bond acceptors (Lipinski definition) is 4. The van der Waals surface area contributed by atoms with Crippen molar-refractivity contribution < 1.29 is 27.5 Å². The summed E-state index contributed by atoms with van der Waals surface area (Å²) in [7, 11) is -3.97. The molecule has 1 N–H and O–H groups in total. The van der Waals surface area contributed by atoms with Gasteiger partial charge in [0, 0.05) is 19.0 Å². The maximum absolute atomic E-state index is 13.7. The molecule has 1 heterocycles. The van der Waals surface area contributed by atoms with E-state index in [1.165, 1.54) is 4.90 Å². The third kappa shape index (κ3) is 2.93. The summed E-state index contributed by atoms with van der Waals surface area (Å²) in [6.45, 7) is 0.396. The summed E-state index contributed by atoms with van der Waals surface area (Å²) in [4.78, 5) is 23.9. The first kappa shape index (κ1) is 15.9. The van der Waals surface area contributed by atoms with E-state index in [1.54, 1.807) is 0 Å². The largest absolute Gasteiger partial charge is 0.478 e. The van der Waals surface area contributed by atoms with Crippen LogP contribution < -0.4 is 0 Å². The zero-order valence-corrected chi connectivity index (χ0v) is 12.9. The fraction of sp³-hybridized carbons (Fsp3) is 0.429. The lowest BCUT2D eigenvalue weighted by molar-refractivity contribution is -0.131. The molecule has 1 aliphatic heterocycles. The number of carbonyl (C=O) groups excluding carboxylic acids is 1. The van der Waals surface area contributed by atoms with Gasteiger partial charge in [0.05, 0.1) is 17.1 Å². The van der Waals surface area contributed by atoms with Gasteiger partial charge in [-0.25, -0.2) is 17.6 Å². The van der Waals surface area contributed by atoms with Crippen LogP contribution in [0.5, 0.6) is 0 Å². The molecule has 2 fully saturated rings. The van der Waals surface area contributed by atoms with Crippen molar-refractivity contribution in [1.82, 2.24) is 9.21 Å². The van der Waals surface area contributed by atoms with Gasteiger partial charge in [0.1, 0.15) is 5.82 Å². The van der Waals surface area contributed by atoms with Crippen molar-refractivity contribution in [3.8, 4) is 0 Å². The summed E-state index contributed by atoms with van der Waals surface area (Å²) in [5.41, 5.74) is -0.587. The van der Waals surface area contributed by atoms with Crippen LogP contribution in [0.4, 0.5) is 4.39 Å². The molecular weight excluding hydrogens is 327 g/mol. The molecule has 0 atom stereocenters. The minimum absolute atomic E-state index is 0.00458. The van der Waals surface area contributed by atoms with E-state index in [1.807, 2.05) is 0 Å². The molecule has 0 bridgehead atoms. The van der Waals surface area contributed by atoms with E-state index in [0.717, 1.165) is 29.3 Å². The molecule has 0 radical (unpaired) electrons. The minimum atomic E-state index is -3.97. The minimum Gasteiger partial charge on any atom is -0.478 e. The maximum atomic E-state index is 13.7. The molecule has 124 valence electrons. The van der Waals surface area contributed by atoms with Gasteiger partial charge in [-0.05, 0) is 31.0 Å².